The van der Waals surface area contributed by atoms with Crippen LogP contribution in [-0.2, 0) is 0 Å². The van der Waals surface area contributed by atoms with E-state index in [4.69, 9.17) is 0 Å². The van der Waals surface area contributed by atoms with Crippen molar-refractivity contribution in [3.8, 4) is 0 Å². The lowest BCUT2D eigenvalue weighted by Crippen LogP contribution is -1.71. The monoisotopic (exact) mass is 146 g/mol. The molecule has 1 aromatic rings. The SMILES string of the molecule is C=C.C=Cc1ccc(C)cc1. The van der Waals surface area contributed by atoms with Gasteiger partial charge in [0.25, 0.3) is 0 Å². The zero-order chi connectivity index (χ0) is 8.69. The average molecular weight is 146 g/mol. The molecule has 1 rings (SSSR count). The van der Waals surface area contributed by atoms with E-state index in [0.29, 0.717) is 0 Å². The Bertz CT molecular complexity index is 206. The Kier molecular flexibility index (Phi) is 4.83. The highest BCUT2D eigenvalue weighted by Gasteiger charge is 1.82. The molecule has 0 atom stereocenters. The molecule has 0 aliphatic carbocycles. The highest BCUT2D eigenvalue weighted by atomic mass is 13.9. The molecule has 0 bridgehead atoms. The summed E-state index contributed by atoms with van der Waals surface area (Å²) in [6.45, 7) is 11.7. The van der Waals surface area contributed by atoms with Crippen LogP contribution in [0.5, 0.6) is 0 Å². The van der Waals surface area contributed by atoms with Crippen LogP contribution >= 0.6 is 0 Å². The third kappa shape index (κ3) is 3.41. The zero-order valence-corrected chi connectivity index (χ0v) is 7.01. The van der Waals surface area contributed by atoms with Crippen molar-refractivity contribution in [3.63, 3.8) is 0 Å². The van der Waals surface area contributed by atoms with Crippen LogP contribution in [0.3, 0.4) is 0 Å². The maximum atomic E-state index is 3.66. The fraction of sp³-hybridized carbons (Fsp3) is 0.0909. The lowest BCUT2D eigenvalue weighted by molar-refractivity contribution is 1.46. The minimum absolute atomic E-state index is 1.18. The maximum absolute atomic E-state index is 3.66. The Morgan fingerprint density at radius 3 is 1.91 bits per heavy atom. The summed E-state index contributed by atoms with van der Waals surface area (Å²) in [6.07, 6.45) is 1.85. The Morgan fingerprint density at radius 1 is 1.09 bits per heavy atom. The van der Waals surface area contributed by atoms with Gasteiger partial charge in [0.1, 0.15) is 0 Å². The number of aryl methyl sites for hydroxylation is 1. The molecule has 0 aromatic heterocycles. The van der Waals surface area contributed by atoms with Gasteiger partial charge < -0.3 is 0 Å². The highest BCUT2D eigenvalue weighted by molar-refractivity contribution is 5.46. The van der Waals surface area contributed by atoms with E-state index in [0.717, 1.165) is 0 Å². The van der Waals surface area contributed by atoms with E-state index in [9.17, 15) is 0 Å². The van der Waals surface area contributed by atoms with Crippen LogP contribution in [0, 0.1) is 6.92 Å². The Hall–Kier alpha value is -1.30. The molecular formula is C11H14. The largest absolute Gasteiger partial charge is 0.106 e. The first-order valence-electron chi connectivity index (χ1n) is 3.52. The summed E-state index contributed by atoms with van der Waals surface area (Å²) in [7, 11) is 0. The first-order valence-corrected chi connectivity index (χ1v) is 3.52. The van der Waals surface area contributed by atoms with E-state index in [-0.39, 0.29) is 0 Å². The zero-order valence-electron chi connectivity index (χ0n) is 7.01. The van der Waals surface area contributed by atoms with Gasteiger partial charge in [0.05, 0.1) is 0 Å². The van der Waals surface area contributed by atoms with Gasteiger partial charge >= 0.3 is 0 Å². The molecule has 0 fully saturated rings. The minimum atomic E-state index is 1.18. The van der Waals surface area contributed by atoms with Crippen molar-refractivity contribution in [2.45, 2.75) is 6.92 Å². The third-order valence-electron chi connectivity index (χ3n) is 1.31. The molecule has 0 saturated heterocycles. The lowest BCUT2D eigenvalue weighted by atomic mass is 10.2. The Labute approximate surface area is 68.9 Å². The number of hydrogen-bond donors (Lipinski definition) is 0. The van der Waals surface area contributed by atoms with Crippen LogP contribution in [0.15, 0.2) is 44.0 Å². The van der Waals surface area contributed by atoms with Crippen LogP contribution in [0.4, 0.5) is 0 Å². The van der Waals surface area contributed by atoms with E-state index in [1.165, 1.54) is 11.1 Å². The normalized spacial score (nSPS) is 7.73. The van der Waals surface area contributed by atoms with Crippen molar-refractivity contribution >= 4 is 6.08 Å². The van der Waals surface area contributed by atoms with Gasteiger partial charge in [-0.2, -0.15) is 0 Å². The van der Waals surface area contributed by atoms with E-state index < -0.39 is 0 Å². The number of hydrogen-bond acceptors (Lipinski definition) is 0. The van der Waals surface area contributed by atoms with Crippen molar-refractivity contribution in [3.05, 3.63) is 55.1 Å². The summed E-state index contributed by atoms with van der Waals surface area (Å²) in [5.74, 6) is 0. The molecular weight excluding hydrogens is 132 g/mol. The van der Waals surface area contributed by atoms with E-state index in [1.54, 1.807) is 0 Å². The molecule has 0 radical (unpaired) electrons. The van der Waals surface area contributed by atoms with Crippen LogP contribution in [0.1, 0.15) is 11.1 Å². The van der Waals surface area contributed by atoms with E-state index >= 15 is 0 Å². The van der Waals surface area contributed by atoms with Gasteiger partial charge in [-0.15, -0.1) is 13.2 Å². The fourth-order valence-corrected chi connectivity index (χ4v) is 0.703. The van der Waals surface area contributed by atoms with Crippen LogP contribution < -0.4 is 0 Å². The smallest absolute Gasteiger partial charge is 0.0262 e. The molecule has 11 heavy (non-hydrogen) atoms. The van der Waals surface area contributed by atoms with Gasteiger partial charge in [-0.25, -0.2) is 0 Å². The predicted octanol–water partition coefficient (Wildman–Crippen LogP) is 3.44. The van der Waals surface area contributed by atoms with Crippen molar-refractivity contribution < 1.29 is 0 Å². The molecule has 0 spiro atoms. The van der Waals surface area contributed by atoms with Crippen molar-refractivity contribution in [1.29, 1.82) is 0 Å². The number of rotatable bonds is 1. The Balaban J connectivity index is 0.000000461. The second-order valence-corrected chi connectivity index (χ2v) is 2.11. The molecule has 0 aliphatic heterocycles. The molecule has 0 N–H and O–H groups in total. The van der Waals surface area contributed by atoms with Gasteiger partial charge in [-0.3, -0.25) is 0 Å². The lowest BCUT2D eigenvalue weighted by Gasteiger charge is -1.91. The second kappa shape index (κ2) is 5.48. The van der Waals surface area contributed by atoms with Crippen LogP contribution in [0.2, 0.25) is 0 Å². The van der Waals surface area contributed by atoms with E-state index in [2.05, 4.69) is 50.9 Å². The Morgan fingerprint density at radius 2 is 1.55 bits per heavy atom. The maximum Gasteiger partial charge on any atom is -0.0262 e. The summed E-state index contributed by atoms with van der Waals surface area (Å²) in [4.78, 5) is 0. The topological polar surface area (TPSA) is 0 Å². The molecule has 0 amide bonds. The van der Waals surface area contributed by atoms with Gasteiger partial charge in [0.2, 0.25) is 0 Å². The first-order chi connectivity index (χ1) is 5.33. The molecule has 0 unspecified atom stereocenters. The summed E-state index contributed by atoms with van der Waals surface area (Å²) in [5.41, 5.74) is 2.47. The molecule has 0 nitrogen and oxygen atoms in total. The highest BCUT2D eigenvalue weighted by Crippen LogP contribution is 2.02. The van der Waals surface area contributed by atoms with Crippen molar-refractivity contribution in [2.75, 3.05) is 0 Å². The molecule has 0 saturated carbocycles. The summed E-state index contributed by atoms with van der Waals surface area (Å²) >= 11 is 0. The van der Waals surface area contributed by atoms with Crippen LogP contribution in [-0.4, -0.2) is 0 Å². The van der Waals surface area contributed by atoms with Gasteiger partial charge in [-0.05, 0) is 12.5 Å². The van der Waals surface area contributed by atoms with Crippen molar-refractivity contribution in [2.24, 2.45) is 0 Å². The average Bonchev–Trinajstić information content (AvgIpc) is 2.10. The quantitative estimate of drug-likeness (QED) is 0.532. The first kappa shape index (κ1) is 9.70. The predicted molar refractivity (Wildman–Crippen MR) is 52.5 cm³/mol. The molecule has 1 aromatic carbocycles. The summed E-state index contributed by atoms with van der Waals surface area (Å²) < 4.78 is 0. The fourth-order valence-electron chi connectivity index (χ4n) is 0.703. The minimum Gasteiger partial charge on any atom is -0.106 e. The molecule has 58 valence electrons. The van der Waals surface area contributed by atoms with Crippen molar-refractivity contribution in [1.82, 2.24) is 0 Å². The molecule has 0 aliphatic rings. The van der Waals surface area contributed by atoms with Crippen LogP contribution in [0.25, 0.3) is 6.08 Å². The van der Waals surface area contributed by atoms with Gasteiger partial charge in [0.15, 0.2) is 0 Å². The standard InChI is InChI=1S/C9H10.C2H4/c1-3-9-6-4-8(2)5-7-9;1-2/h3-7H,1H2,2H3;1-2H2. The molecule has 0 heterocycles. The summed E-state index contributed by atoms with van der Waals surface area (Å²) in [5, 5.41) is 0. The number of benzene rings is 1. The van der Waals surface area contributed by atoms with E-state index in [1.807, 2.05) is 6.08 Å². The molecule has 0 heteroatoms. The summed E-state index contributed by atoms with van der Waals surface area (Å²) in [6, 6.07) is 8.28. The van der Waals surface area contributed by atoms with Gasteiger partial charge in [0, 0.05) is 0 Å². The van der Waals surface area contributed by atoms with Gasteiger partial charge in [-0.1, -0.05) is 42.5 Å². The second-order valence-electron chi connectivity index (χ2n) is 2.11. The third-order valence-corrected chi connectivity index (χ3v) is 1.31.